The topological polar surface area (TPSA) is 46.5 Å². The molecule has 0 aliphatic heterocycles. The van der Waals surface area contributed by atoms with Crippen LogP contribution in [0.15, 0.2) is 30.3 Å². The summed E-state index contributed by atoms with van der Waals surface area (Å²) < 4.78 is 42.2. The number of methoxy groups -OCH3 is 1. The van der Waals surface area contributed by atoms with Crippen molar-refractivity contribution in [2.45, 2.75) is 6.18 Å². The van der Waals surface area contributed by atoms with Crippen molar-refractivity contribution in [3.63, 3.8) is 0 Å². The van der Waals surface area contributed by atoms with E-state index in [0.717, 1.165) is 19.2 Å². The molecule has 6 heteroatoms. The summed E-state index contributed by atoms with van der Waals surface area (Å²) in [5.74, 6) is -1.33. The average molecular weight is 270 g/mol. The lowest BCUT2D eigenvalue weighted by molar-refractivity contribution is -0.137. The number of carbonyl (C=O) groups excluding carboxylic acids is 1. The standard InChI is InChI=1S/C13H9F3O3/c1-19-12(18)9-5-3-7-2-4-8(13(14,15)16)6-10(7)11(9)17/h2-6,17H,1H3. The zero-order valence-electron chi connectivity index (χ0n) is 9.78. The number of carbonyl (C=O) groups is 1. The molecule has 2 rings (SSSR count). The SMILES string of the molecule is COC(=O)c1ccc2ccc(C(F)(F)F)cc2c1O. The highest BCUT2D eigenvalue weighted by molar-refractivity contribution is 6.01. The summed E-state index contributed by atoms with van der Waals surface area (Å²) >= 11 is 0. The highest BCUT2D eigenvalue weighted by Crippen LogP contribution is 2.35. The number of ether oxygens (including phenoxy) is 1. The van der Waals surface area contributed by atoms with E-state index in [-0.39, 0.29) is 10.9 Å². The number of esters is 1. The summed E-state index contributed by atoms with van der Waals surface area (Å²) in [7, 11) is 1.12. The maximum Gasteiger partial charge on any atom is 0.416 e. The van der Waals surface area contributed by atoms with E-state index in [1.54, 1.807) is 0 Å². The van der Waals surface area contributed by atoms with Crippen LogP contribution in [0.1, 0.15) is 15.9 Å². The van der Waals surface area contributed by atoms with Gasteiger partial charge in [0.05, 0.1) is 12.7 Å². The molecule has 0 radical (unpaired) electrons. The molecule has 0 spiro atoms. The smallest absolute Gasteiger partial charge is 0.416 e. The monoisotopic (exact) mass is 270 g/mol. The fourth-order valence-electron chi connectivity index (χ4n) is 1.75. The Morgan fingerprint density at radius 1 is 1.21 bits per heavy atom. The van der Waals surface area contributed by atoms with Crippen molar-refractivity contribution in [3.05, 3.63) is 41.5 Å². The number of hydrogen-bond donors (Lipinski definition) is 1. The van der Waals surface area contributed by atoms with Crippen LogP contribution in [0.2, 0.25) is 0 Å². The molecule has 0 bridgehead atoms. The second-order valence-corrected chi connectivity index (χ2v) is 3.89. The minimum absolute atomic E-state index is 0.0438. The minimum Gasteiger partial charge on any atom is -0.506 e. The van der Waals surface area contributed by atoms with Crippen molar-refractivity contribution in [2.24, 2.45) is 0 Å². The summed E-state index contributed by atoms with van der Waals surface area (Å²) in [6.07, 6.45) is -4.51. The van der Waals surface area contributed by atoms with E-state index >= 15 is 0 Å². The number of rotatable bonds is 1. The third kappa shape index (κ3) is 2.33. The van der Waals surface area contributed by atoms with Crippen molar-refractivity contribution >= 4 is 16.7 Å². The first-order valence-electron chi connectivity index (χ1n) is 5.26. The van der Waals surface area contributed by atoms with Crippen LogP contribution in [-0.2, 0) is 10.9 Å². The summed E-state index contributed by atoms with van der Waals surface area (Å²) in [4.78, 5) is 11.4. The summed E-state index contributed by atoms with van der Waals surface area (Å²) in [5.41, 5.74) is -1.06. The molecule has 0 atom stereocenters. The Morgan fingerprint density at radius 3 is 2.42 bits per heavy atom. The van der Waals surface area contributed by atoms with Gasteiger partial charge in [-0.2, -0.15) is 13.2 Å². The maximum atomic E-state index is 12.6. The molecule has 19 heavy (non-hydrogen) atoms. The first-order valence-corrected chi connectivity index (χ1v) is 5.26. The number of phenolic OH excluding ortho intramolecular Hbond substituents is 1. The fraction of sp³-hybridized carbons (Fsp3) is 0.154. The first-order chi connectivity index (χ1) is 8.84. The average Bonchev–Trinajstić information content (AvgIpc) is 2.37. The van der Waals surface area contributed by atoms with E-state index in [1.807, 2.05) is 0 Å². The van der Waals surface area contributed by atoms with Crippen LogP contribution in [0, 0.1) is 0 Å². The molecule has 0 saturated carbocycles. The number of fused-ring (bicyclic) bond motifs is 1. The Balaban J connectivity index is 2.69. The number of aromatic hydroxyl groups is 1. The zero-order chi connectivity index (χ0) is 14.2. The molecular weight excluding hydrogens is 261 g/mol. The largest absolute Gasteiger partial charge is 0.506 e. The van der Waals surface area contributed by atoms with Crippen molar-refractivity contribution < 1.29 is 27.8 Å². The molecule has 0 aliphatic rings. The maximum absolute atomic E-state index is 12.6. The molecule has 0 saturated heterocycles. The lowest BCUT2D eigenvalue weighted by Crippen LogP contribution is -2.05. The van der Waals surface area contributed by atoms with Crippen molar-refractivity contribution in [1.29, 1.82) is 0 Å². The van der Waals surface area contributed by atoms with Gasteiger partial charge in [0, 0.05) is 5.39 Å². The van der Waals surface area contributed by atoms with E-state index in [4.69, 9.17) is 0 Å². The summed E-state index contributed by atoms with van der Waals surface area (Å²) in [6, 6.07) is 5.70. The number of alkyl halides is 3. The first kappa shape index (κ1) is 13.2. The van der Waals surface area contributed by atoms with Gasteiger partial charge < -0.3 is 9.84 Å². The van der Waals surface area contributed by atoms with Crippen LogP contribution in [0.25, 0.3) is 10.8 Å². The summed E-state index contributed by atoms with van der Waals surface area (Å²) in [6.45, 7) is 0. The molecule has 100 valence electrons. The number of halogens is 3. The van der Waals surface area contributed by atoms with Gasteiger partial charge >= 0.3 is 12.1 Å². The van der Waals surface area contributed by atoms with Crippen LogP contribution in [0.4, 0.5) is 13.2 Å². The Morgan fingerprint density at radius 2 is 1.84 bits per heavy atom. The Labute approximate surface area is 106 Å². The molecule has 0 amide bonds. The molecule has 2 aromatic carbocycles. The summed E-state index contributed by atoms with van der Waals surface area (Å²) in [5, 5.41) is 10.2. The third-order valence-corrected chi connectivity index (χ3v) is 2.73. The van der Waals surface area contributed by atoms with E-state index in [1.165, 1.54) is 18.2 Å². The van der Waals surface area contributed by atoms with Gasteiger partial charge in [-0.3, -0.25) is 0 Å². The van der Waals surface area contributed by atoms with Crippen molar-refractivity contribution in [1.82, 2.24) is 0 Å². The van der Waals surface area contributed by atoms with Crippen molar-refractivity contribution in [3.8, 4) is 5.75 Å². The molecule has 3 nitrogen and oxygen atoms in total. The normalized spacial score (nSPS) is 11.6. The number of hydrogen-bond acceptors (Lipinski definition) is 3. The lowest BCUT2D eigenvalue weighted by atomic mass is 10.0. The van der Waals surface area contributed by atoms with E-state index in [2.05, 4.69) is 4.74 Å². The molecule has 0 aromatic heterocycles. The predicted molar refractivity (Wildman–Crippen MR) is 62.0 cm³/mol. The number of phenols is 1. The molecule has 2 aromatic rings. The molecular formula is C13H9F3O3. The molecule has 0 unspecified atom stereocenters. The van der Waals surface area contributed by atoms with Gasteiger partial charge in [0.2, 0.25) is 0 Å². The molecule has 1 N–H and O–H groups in total. The van der Waals surface area contributed by atoms with Gasteiger partial charge in [-0.25, -0.2) is 4.79 Å². The fourth-order valence-corrected chi connectivity index (χ4v) is 1.75. The Kier molecular flexibility index (Phi) is 3.09. The molecule has 0 aliphatic carbocycles. The third-order valence-electron chi connectivity index (χ3n) is 2.73. The van der Waals surface area contributed by atoms with Gasteiger partial charge in [-0.05, 0) is 23.6 Å². The van der Waals surface area contributed by atoms with E-state index in [0.29, 0.717) is 5.39 Å². The van der Waals surface area contributed by atoms with Gasteiger partial charge in [0.25, 0.3) is 0 Å². The lowest BCUT2D eigenvalue weighted by Gasteiger charge is -2.10. The minimum atomic E-state index is -4.51. The van der Waals surface area contributed by atoms with Crippen LogP contribution in [-0.4, -0.2) is 18.2 Å². The van der Waals surface area contributed by atoms with Crippen LogP contribution >= 0.6 is 0 Å². The van der Waals surface area contributed by atoms with Gasteiger partial charge in [-0.1, -0.05) is 12.1 Å². The van der Waals surface area contributed by atoms with E-state index in [9.17, 15) is 23.1 Å². The zero-order valence-corrected chi connectivity index (χ0v) is 9.78. The molecule has 0 fully saturated rings. The Hall–Kier alpha value is -2.24. The second kappa shape index (κ2) is 4.46. The quantitative estimate of drug-likeness (QED) is 0.808. The van der Waals surface area contributed by atoms with Crippen LogP contribution in [0.5, 0.6) is 5.75 Å². The molecule has 0 heterocycles. The second-order valence-electron chi connectivity index (χ2n) is 3.89. The van der Waals surface area contributed by atoms with E-state index < -0.39 is 23.5 Å². The Bertz CT molecular complexity index is 647. The van der Waals surface area contributed by atoms with Crippen molar-refractivity contribution in [2.75, 3.05) is 7.11 Å². The van der Waals surface area contributed by atoms with Gasteiger partial charge in [0.15, 0.2) is 0 Å². The van der Waals surface area contributed by atoms with Gasteiger partial charge in [0.1, 0.15) is 11.3 Å². The highest BCUT2D eigenvalue weighted by atomic mass is 19.4. The predicted octanol–water partition coefficient (Wildman–Crippen LogP) is 3.35. The highest BCUT2D eigenvalue weighted by Gasteiger charge is 2.31. The van der Waals surface area contributed by atoms with Crippen LogP contribution in [0.3, 0.4) is 0 Å². The van der Waals surface area contributed by atoms with Crippen LogP contribution < -0.4 is 0 Å². The number of benzene rings is 2. The van der Waals surface area contributed by atoms with Gasteiger partial charge in [-0.15, -0.1) is 0 Å².